The molecule has 0 spiro atoms. The highest BCUT2D eigenvalue weighted by Crippen LogP contribution is 2.55. The van der Waals surface area contributed by atoms with E-state index in [-0.39, 0.29) is 18.0 Å². The summed E-state index contributed by atoms with van der Waals surface area (Å²) in [5, 5.41) is 19.0. The second-order valence-electron chi connectivity index (χ2n) is 10.2. The van der Waals surface area contributed by atoms with Gasteiger partial charge in [-0.05, 0) is 92.7 Å². The van der Waals surface area contributed by atoms with Gasteiger partial charge in [0, 0.05) is 29.1 Å². The van der Waals surface area contributed by atoms with E-state index in [1.54, 1.807) is 6.07 Å². The first-order valence-electron chi connectivity index (χ1n) is 11.8. The van der Waals surface area contributed by atoms with E-state index < -0.39 is 6.10 Å². The van der Waals surface area contributed by atoms with E-state index in [4.69, 9.17) is 9.26 Å². The Morgan fingerprint density at radius 3 is 2.44 bits per heavy atom. The number of aromatic nitrogens is 1. The van der Waals surface area contributed by atoms with E-state index in [0.29, 0.717) is 23.6 Å². The summed E-state index contributed by atoms with van der Waals surface area (Å²) < 4.78 is 24.6. The SMILES string of the molecule is OC(CNC12CC3CC(CC(C3)C1)C2)COc1ccc(-c2onc3cc(F)ccc23)cc1. The molecular weight excluding hydrogens is 407 g/mol. The van der Waals surface area contributed by atoms with Crippen LogP contribution in [0.2, 0.25) is 0 Å². The molecule has 4 bridgehead atoms. The first-order valence-corrected chi connectivity index (χ1v) is 11.8. The monoisotopic (exact) mass is 436 g/mol. The van der Waals surface area contributed by atoms with Gasteiger partial charge in [-0.2, -0.15) is 0 Å². The number of aliphatic hydroxyl groups is 1. The van der Waals surface area contributed by atoms with Gasteiger partial charge in [0.05, 0.1) is 0 Å². The molecule has 2 aromatic carbocycles. The molecule has 4 aliphatic carbocycles. The molecule has 2 N–H and O–H groups in total. The molecular formula is C26H29FN2O3. The Bertz CT molecular complexity index is 1070. The maximum atomic E-state index is 13.4. The highest BCUT2D eigenvalue weighted by Gasteiger charge is 2.50. The number of ether oxygens (including phenoxy) is 1. The van der Waals surface area contributed by atoms with Gasteiger partial charge in [-0.3, -0.25) is 0 Å². The second kappa shape index (κ2) is 7.85. The Kier molecular flexibility index (Phi) is 4.95. The number of nitrogens with zero attached hydrogens (tertiary/aromatic N) is 1. The van der Waals surface area contributed by atoms with E-state index in [9.17, 15) is 9.50 Å². The molecule has 4 aliphatic rings. The minimum absolute atomic E-state index is 0.250. The minimum atomic E-state index is -0.546. The van der Waals surface area contributed by atoms with Crippen LogP contribution in [0.5, 0.6) is 5.75 Å². The van der Waals surface area contributed by atoms with Crippen LogP contribution in [0.3, 0.4) is 0 Å². The minimum Gasteiger partial charge on any atom is -0.491 e. The van der Waals surface area contributed by atoms with E-state index in [1.165, 1.54) is 50.7 Å². The van der Waals surface area contributed by atoms with Gasteiger partial charge < -0.3 is 19.7 Å². The lowest BCUT2D eigenvalue weighted by Gasteiger charge is -2.57. The molecule has 5 nitrogen and oxygen atoms in total. The van der Waals surface area contributed by atoms with Crippen molar-refractivity contribution in [2.75, 3.05) is 13.2 Å². The van der Waals surface area contributed by atoms with Crippen LogP contribution in [0.1, 0.15) is 38.5 Å². The van der Waals surface area contributed by atoms with Crippen LogP contribution in [-0.2, 0) is 0 Å². The standard InChI is InChI=1S/C26H29FN2O3/c27-20-3-6-23-24(10-20)29-32-25(23)19-1-4-22(5-2-19)31-15-21(30)14-28-26-11-16-7-17(12-26)9-18(8-16)13-26/h1-6,10,16-18,21,28,30H,7-9,11-15H2. The van der Waals surface area contributed by atoms with Gasteiger partial charge >= 0.3 is 0 Å². The van der Waals surface area contributed by atoms with Gasteiger partial charge in [0.2, 0.25) is 0 Å². The van der Waals surface area contributed by atoms with Crippen LogP contribution >= 0.6 is 0 Å². The molecule has 0 amide bonds. The third-order valence-electron chi connectivity index (χ3n) is 7.75. The molecule has 32 heavy (non-hydrogen) atoms. The average molecular weight is 437 g/mol. The van der Waals surface area contributed by atoms with Gasteiger partial charge in [-0.25, -0.2) is 4.39 Å². The molecule has 1 unspecified atom stereocenters. The second-order valence-corrected chi connectivity index (χ2v) is 10.2. The zero-order valence-electron chi connectivity index (χ0n) is 18.1. The number of aliphatic hydroxyl groups excluding tert-OH is 1. The number of hydrogen-bond donors (Lipinski definition) is 2. The van der Waals surface area contributed by atoms with Crippen molar-refractivity contribution < 1.29 is 18.8 Å². The lowest BCUT2D eigenvalue weighted by molar-refractivity contribution is -0.0266. The first-order chi connectivity index (χ1) is 15.6. The summed E-state index contributed by atoms with van der Waals surface area (Å²) in [4.78, 5) is 0. The van der Waals surface area contributed by atoms with Gasteiger partial charge in [-0.15, -0.1) is 0 Å². The van der Waals surface area contributed by atoms with E-state index >= 15 is 0 Å². The molecule has 168 valence electrons. The predicted molar refractivity (Wildman–Crippen MR) is 120 cm³/mol. The Hall–Kier alpha value is -2.44. The summed E-state index contributed by atoms with van der Waals surface area (Å²) in [5.74, 6) is 3.63. The number of hydrogen-bond acceptors (Lipinski definition) is 5. The fraction of sp³-hybridized carbons (Fsp3) is 0.500. The largest absolute Gasteiger partial charge is 0.491 e. The number of benzene rings is 2. The third-order valence-corrected chi connectivity index (χ3v) is 7.75. The molecule has 4 fully saturated rings. The van der Waals surface area contributed by atoms with Crippen molar-refractivity contribution in [1.29, 1.82) is 0 Å². The number of nitrogens with one attached hydrogen (secondary N) is 1. The lowest BCUT2D eigenvalue weighted by atomic mass is 9.53. The van der Waals surface area contributed by atoms with Crippen molar-refractivity contribution >= 4 is 10.9 Å². The van der Waals surface area contributed by atoms with Gasteiger partial charge in [-0.1, -0.05) is 5.16 Å². The summed E-state index contributed by atoms with van der Waals surface area (Å²) in [7, 11) is 0. The highest BCUT2D eigenvalue weighted by molar-refractivity contribution is 5.91. The van der Waals surface area contributed by atoms with Crippen LogP contribution in [0.25, 0.3) is 22.2 Å². The Morgan fingerprint density at radius 2 is 1.75 bits per heavy atom. The van der Waals surface area contributed by atoms with Gasteiger partial charge in [0.25, 0.3) is 0 Å². The quantitative estimate of drug-likeness (QED) is 0.550. The van der Waals surface area contributed by atoms with E-state index in [1.807, 2.05) is 24.3 Å². The average Bonchev–Trinajstić information content (AvgIpc) is 3.19. The van der Waals surface area contributed by atoms with Crippen molar-refractivity contribution in [2.45, 2.75) is 50.2 Å². The summed E-state index contributed by atoms with van der Waals surface area (Å²) in [5.41, 5.74) is 1.59. The summed E-state index contributed by atoms with van der Waals surface area (Å²) in [6, 6.07) is 11.9. The molecule has 1 atom stereocenters. The molecule has 0 saturated heterocycles. The smallest absolute Gasteiger partial charge is 0.174 e. The number of halogens is 1. The predicted octanol–water partition coefficient (Wildman–Crippen LogP) is 4.93. The van der Waals surface area contributed by atoms with Gasteiger partial charge in [0.15, 0.2) is 5.76 Å². The summed E-state index contributed by atoms with van der Waals surface area (Å²) in [6.07, 6.45) is 7.54. The molecule has 1 heterocycles. The van der Waals surface area contributed by atoms with Crippen molar-refractivity contribution in [3.05, 3.63) is 48.3 Å². The Labute approximate surface area is 186 Å². The van der Waals surface area contributed by atoms with E-state index in [0.717, 1.165) is 28.7 Å². The van der Waals surface area contributed by atoms with Crippen molar-refractivity contribution in [1.82, 2.24) is 10.5 Å². The van der Waals surface area contributed by atoms with Crippen LogP contribution in [0.15, 0.2) is 47.0 Å². The first kappa shape index (κ1) is 20.2. The molecule has 7 rings (SSSR count). The van der Waals surface area contributed by atoms with Crippen LogP contribution in [0.4, 0.5) is 4.39 Å². The van der Waals surface area contributed by atoms with E-state index in [2.05, 4.69) is 10.5 Å². The zero-order chi connectivity index (χ0) is 21.7. The molecule has 3 aromatic rings. The van der Waals surface area contributed by atoms with Crippen molar-refractivity contribution in [3.63, 3.8) is 0 Å². The molecule has 0 radical (unpaired) electrons. The lowest BCUT2D eigenvalue weighted by Crippen LogP contribution is -2.59. The molecule has 0 aliphatic heterocycles. The van der Waals surface area contributed by atoms with Crippen LogP contribution in [0, 0.1) is 23.6 Å². The van der Waals surface area contributed by atoms with Crippen molar-refractivity contribution in [2.24, 2.45) is 17.8 Å². The number of rotatable bonds is 7. The maximum Gasteiger partial charge on any atom is 0.174 e. The number of fused-ring (bicyclic) bond motifs is 1. The summed E-state index contributed by atoms with van der Waals surface area (Å²) >= 11 is 0. The van der Waals surface area contributed by atoms with Gasteiger partial charge in [0.1, 0.15) is 29.8 Å². The normalized spacial score (nSPS) is 29.5. The van der Waals surface area contributed by atoms with Crippen LogP contribution < -0.4 is 10.1 Å². The molecule has 4 saturated carbocycles. The molecule has 6 heteroatoms. The topological polar surface area (TPSA) is 67.5 Å². The van der Waals surface area contributed by atoms with Crippen LogP contribution in [-0.4, -0.2) is 35.1 Å². The third kappa shape index (κ3) is 3.80. The fourth-order valence-electron chi connectivity index (χ4n) is 6.74. The highest BCUT2D eigenvalue weighted by atomic mass is 19.1. The zero-order valence-corrected chi connectivity index (χ0v) is 18.1. The number of β-amino-alcohol motifs (C(OH)–C–C–N with tert-alkyl or cyclic N) is 1. The fourth-order valence-corrected chi connectivity index (χ4v) is 6.74. The Balaban J connectivity index is 1.04. The molecule has 1 aromatic heterocycles. The summed E-state index contributed by atoms with van der Waals surface area (Å²) in [6.45, 7) is 0.827. The Morgan fingerprint density at radius 1 is 1.06 bits per heavy atom. The maximum absolute atomic E-state index is 13.4. The van der Waals surface area contributed by atoms with Crippen molar-refractivity contribution in [3.8, 4) is 17.1 Å².